The summed E-state index contributed by atoms with van der Waals surface area (Å²) in [6.45, 7) is 0.369. The Bertz CT molecular complexity index is 327. The number of carboxylic acids is 2. The maximum absolute atomic E-state index is 11.1. The molecule has 0 rings (SSSR count). The quantitative estimate of drug-likeness (QED) is 0.355. The SMILES string of the molecule is O=C(O)CCCCCCCCCCCOC(=O)CCC(=O)O. The van der Waals surface area contributed by atoms with E-state index in [1.165, 1.54) is 0 Å². The van der Waals surface area contributed by atoms with E-state index in [1.54, 1.807) is 0 Å². The molecule has 2 N–H and O–H groups in total. The van der Waals surface area contributed by atoms with Crippen LogP contribution in [0.2, 0.25) is 0 Å². The smallest absolute Gasteiger partial charge is 0.306 e. The second kappa shape index (κ2) is 14.4. The van der Waals surface area contributed by atoms with Crippen LogP contribution in [-0.4, -0.2) is 34.7 Å². The summed E-state index contributed by atoms with van der Waals surface area (Å²) in [7, 11) is 0. The van der Waals surface area contributed by atoms with Crippen molar-refractivity contribution in [3.63, 3.8) is 0 Å². The number of carbonyl (C=O) groups is 3. The van der Waals surface area contributed by atoms with E-state index < -0.39 is 17.9 Å². The van der Waals surface area contributed by atoms with Gasteiger partial charge < -0.3 is 14.9 Å². The van der Waals surface area contributed by atoms with Crippen molar-refractivity contribution in [2.24, 2.45) is 0 Å². The van der Waals surface area contributed by atoms with Crippen molar-refractivity contribution in [1.29, 1.82) is 0 Å². The summed E-state index contributed by atoms with van der Waals surface area (Å²) in [6, 6.07) is 0. The first kappa shape index (κ1) is 20.4. The highest BCUT2D eigenvalue weighted by Crippen LogP contribution is 2.10. The fraction of sp³-hybridized carbons (Fsp3) is 0.812. The lowest BCUT2D eigenvalue weighted by Gasteiger charge is -2.04. The van der Waals surface area contributed by atoms with Gasteiger partial charge in [0, 0.05) is 6.42 Å². The zero-order chi connectivity index (χ0) is 16.6. The molecule has 6 nitrogen and oxygen atoms in total. The van der Waals surface area contributed by atoms with E-state index in [9.17, 15) is 14.4 Å². The Morgan fingerprint density at radius 2 is 1.05 bits per heavy atom. The summed E-state index contributed by atoms with van der Waals surface area (Å²) >= 11 is 0. The van der Waals surface area contributed by atoms with Crippen LogP contribution in [0.3, 0.4) is 0 Å². The first-order valence-electron chi connectivity index (χ1n) is 8.11. The van der Waals surface area contributed by atoms with E-state index in [2.05, 4.69) is 0 Å². The molecule has 0 bridgehead atoms. The van der Waals surface area contributed by atoms with Crippen LogP contribution in [0, 0.1) is 0 Å². The first-order chi connectivity index (χ1) is 10.5. The Hall–Kier alpha value is -1.59. The second-order valence-corrected chi connectivity index (χ2v) is 5.44. The van der Waals surface area contributed by atoms with Gasteiger partial charge in [-0.3, -0.25) is 14.4 Å². The Balaban J connectivity index is 3.15. The second-order valence-electron chi connectivity index (χ2n) is 5.44. The van der Waals surface area contributed by atoms with Gasteiger partial charge in [-0.2, -0.15) is 0 Å². The predicted octanol–water partition coefficient (Wildman–Crippen LogP) is 3.38. The predicted molar refractivity (Wildman–Crippen MR) is 81.6 cm³/mol. The molecular formula is C16H28O6. The van der Waals surface area contributed by atoms with Crippen molar-refractivity contribution >= 4 is 17.9 Å². The molecule has 0 aliphatic heterocycles. The molecule has 0 heterocycles. The number of ether oxygens (including phenoxy) is 1. The lowest BCUT2D eigenvalue weighted by Crippen LogP contribution is -2.08. The molecule has 0 aliphatic carbocycles. The summed E-state index contributed by atoms with van der Waals surface area (Å²) in [6.07, 6.45) is 9.24. The molecule has 0 saturated carbocycles. The van der Waals surface area contributed by atoms with Crippen molar-refractivity contribution in [2.75, 3.05) is 6.61 Å². The molecule has 0 amide bonds. The Morgan fingerprint density at radius 3 is 1.55 bits per heavy atom. The Morgan fingerprint density at radius 1 is 0.591 bits per heavy atom. The van der Waals surface area contributed by atoms with Crippen molar-refractivity contribution in [3.05, 3.63) is 0 Å². The molecule has 22 heavy (non-hydrogen) atoms. The summed E-state index contributed by atoms with van der Waals surface area (Å²) in [4.78, 5) is 31.7. The Kier molecular flexibility index (Phi) is 13.3. The normalized spacial score (nSPS) is 10.4. The molecule has 6 heteroatoms. The number of rotatable bonds is 15. The molecule has 0 aliphatic rings. The highest BCUT2D eigenvalue weighted by molar-refractivity contribution is 5.76. The van der Waals surface area contributed by atoms with E-state index in [0.717, 1.165) is 57.8 Å². The lowest BCUT2D eigenvalue weighted by atomic mass is 10.1. The third-order valence-electron chi connectivity index (χ3n) is 3.34. The van der Waals surface area contributed by atoms with E-state index in [1.807, 2.05) is 0 Å². The standard InChI is InChI=1S/C16H28O6/c17-14(18)10-8-6-4-2-1-3-5-7-9-13-22-16(21)12-11-15(19)20/h1-13H2,(H,17,18)(H,19,20). The van der Waals surface area contributed by atoms with Crippen LogP contribution in [0.1, 0.15) is 77.0 Å². The van der Waals surface area contributed by atoms with Crippen LogP contribution in [0.25, 0.3) is 0 Å². The molecule has 0 unspecified atom stereocenters. The molecule has 0 aromatic carbocycles. The number of carboxylic acid groups (broad SMARTS) is 2. The van der Waals surface area contributed by atoms with Crippen LogP contribution in [0.4, 0.5) is 0 Å². The van der Waals surface area contributed by atoms with E-state index in [4.69, 9.17) is 14.9 Å². The van der Waals surface area contributed by atoms with Gasteiger partial charge in [0.25, 0.3) is 0 Å². The van der Waals surface area contributed by atoms with Gasteiger partial charge in [0.05, 0.1) is 19.4 Å². The average Bonchev–Trinajstić information content (AvgIpc) is 2.45. The van der Waals surface area contributed by atoms with Crippen LogP contribution in [-0.2, 0) is 19.1 Å². The molecule has 128 valence electrons. The van der Waals surface area contributed by atoms with Crippen LogP contribution >= 0.6 is 0 Å². The minimum Gasteiger partial charge on any atom is -0.481 e. The van der Waals surface area contributed by atoms with Gasteiger partial charge in [0.2, 0.25) is 0 Å². The highest BCUT2D eigenvalue weighted by Gasteiger charge is 2.05. The molecule has 0 fully saturated rings. The molecule has 0 radical (unpaired) electrons. The minimum atomic E-state index is -0.986. The summed E-state index contributed by atoms with van der Waals surface area (Å²) in [5.74, 6) is -2.15. The van der Waals surface area contributed by atoms with Crippen molar-refractivity contribution in [3.8, 4) is 0 Å². The number of unbranched alkanes of at least 4 members (excludes halogenated alkanes) is 8. The summed E-state index contributed by atoms with van der Waals surface area (Å²) in [5.41, 5.74) is 0. The van der Waals surface area contributed by atoms with Crippen molar-refractivity contribution in [1.82, 2.24) is 0 Å². The molecule has 0 saturated heterocycles. The average molecular weight is 316 g/mol. The summed E-state index contributed by atoms with van der Waals surface area (Å²) < 4.78 is 4.93. The third kappa shape index (κ3) is 16.5. The fourth-order valence-corrected chi connectivity index (χ4v) is 2.08. The minimum absolute atomic E-state index is 0.0583. The molecular weight excluding hydrogens is 288 g/mol. The third-order valence-corrected chi connectivity index (χ3v) is 3.34. The number of esters is 1. The first-order valence-corrected chi connectivity index (χ1v) is 8.11. The van der Waals surface area contributed by atoms with E-state index in [0.29, 0.717) is 6.61 Å². The zero-order valence-electron chi connectivity index (χ0n) is 13.2. The van der Waals surface area contributed by atoms with Gasteiger partial charge in [0.1, 0.15) is 0 Å². The molecule has 0 spiro atoms. The number of aliphatic carboxylic acids is 2. The van der Waals surface area contributed by atoms with Gasteiger partial charge in [-0.05, 0) is 12.8 Å². The molecule has 0 aromatic heterocycles. The van der Waals surface area contributed by atoms with Gasteiger partial charge in [-0.25, -0.2) is 0 Å². The Labute approximate surface area is 131 Å². The van der Waals surface area contributed by atoms with E-state index >= 15 is 0 Å². The number of hydrogen-bond acceptors (Lipinski definition) is 4. The van der Waals surface area contributed by atoms with Gasteiger partial charge >= 0.3 is 17.9 Å². The molecule has 0 aromatic rings. The zero-order valence-corrected chi connectivity index (χ0v) is 13.2. The fourth-order valence-electron chi connectivity index (χ4n) is 2.08. The van der Waals surface area contributed by atoms with Gasteiger partial charge in [-0.15, -0.1) is 0 Å². The van der Waals surface area contributed by atoms with Crippen LogP contribution in [0.5, 0.6) is 0 Å². The van der Waals surface area contributed by atoms with Crippen LogP contribution in [0.15, 0.2) is 0 Å². The van der Waals surface area contributed by atoms with Crippen molar-refractivity contribution in [2.45, 2.75) is 77.0 Å². The summed E-state index contributed by atoms with van der Waals surface area (Å²) in [5, 5.41) is 16.9. The number of carbonyl (C=O) groups excluding carboxylic acids is 1. The molecule has 0 atom stereocenters. The van der Waals surface area contributed by atoms with Gasteiger partial charge in [-0.1, -0.05) is 44.9 Å². The largest absolute Gasteiger partial charge is 0.481 e. The van der Waals surface area contributed by atoms with Gasteiger partial charge in [0.15, 0.2) is 0 Å². The topological polar surface area (TPSA) is 101 Å². The van der Waals surface area contributed by atoms with E-state index in [-0.39, 0.29) is 19.3 Å². The van der Waals surface area contributed by atoms with Crippen molar-refractivity contribution < 1.29 is 29.3 Å². The highest BCUT2D eigenvalue weighted by atomic mass is 16.5. The maximum Gasteiger partial charge on any atom is 0.306 e. The lowest BCUT2D eigenvalue weighted by molar-refractivity contribution is -0.147. The maximum atomic E-state index is 11.1. The monoisotopic (exact) mass is 316 g/mol. The van der Waals surface area contributed by atoms with Crippen LogP contribution < -0.4 is 0 Å². The number of hydrogen-bond donors (Lipinski definition) is 2.